The van der Waals surface area contributed by atoms with E-state index in [0.717, 1.165) is 13.1 Å². The lowest BCUT2D eigenvalue weighted by Gasteiger charge is -2.43. The zero-order valence-electron chi connectivity index (χ0n) is 12.2. The van der Waals surface area contributed by atoms with E-state index in [2.05, 4.69) is 53.4 Å². The Kier molecular flexibility index (Phi) is 3.40. The second kappa shape index (κ2) is 5.04. The number of piperidine rings is 1. The Morgan fingerprint density at radius 1 is 1.11 bits per heavy atom. The van der Waals surface area contributed by atoms with Crippen molar-refractivity contribution in [3.8, 4) is 0 Å². The van der Waals surface area contributed by atoms with Gasteiger partial charge in [0.15, 0.2) is 0 Å². The molecule has 2 aliphatic heterocycles. The number of benzene rings is 1. The number of hydrogen-bond donors (Lipinski definition) is 1. The Labute approximate surface area is 116 Å². The van der Waals surface area contributed by atoms with Gasteiger partial charge in [0.1, 0.15) is 0 Å². The highest BCUT2D eigenvalue weighted by Gasteiger charge is 2.31. The first-order valence-electron chi connectivity index (χ1n) is 7.44. The van der Waals surface area contributed by atoms with E-state index in [1.54, 1.807) is 0 Å². The SMILES string of the molecule is CN1CCN(CC2(C)CCNCC2)c2ccccc21. The molecule has 3 nitrogen and oxygen atoms in total. The number of nitrogens with zero attached hydrogens (tertiary/aromatic N) is 2. The molecule has 0 radical (unpaired) electrons. The number of fused-ring (bicyclic) bond motifs is 1. The molecule has 3 rings (SSSR count). The van der Waals surface area contributed by atoms with E-state index in [1.165, 1.54) is 43.9 Å². The fourth-order valence-corrected chi connectivity index (χ4v) is 3.38. The van der Waals surface area contributed by atoms with E-state index in [1.807, 2.05) is 0 Å². The maximum Gasteiger partial charge on any atom is 0.0604 e. The first kappa shape index (κ1) is 12.8. The molecular formula is C16H25N3. The summed E-state index contributed by atoms with van der Waals surface area (Å²) >= 11 is 0. The molecule has 2 aliphatic rings. The molecule has 0 aromatic heterocycles. The smallest absolute Gasteiger partial charge is 0.0604 e. The van der Waals surface area contributed by atoms with Gasteiger partial charge in [-0.15, -0.1) is 0 Å². The van der Waals surface area contributed by atoms with Crippen LogP contribution in [0.5, 0.6) is 0 Å². The second-order valence-corrected chi connectivity index (χ2v) is 6.39. The molecule has 0 spiro atoms. The van der Waals surface area contributed by atoms with Crippen LogP contribution in [0.1, 0.15) is 19.8 Å². The maximum atomic E-state index is 3.48. The van der Waals surface area contributed by atoms with E-state index in [0.29, 0.717) is 5.41 Å². The minimum absolute atomic E-state index is 0.467. The van der Waals surface area contributed by atoms with Crippen LogP contribution in [0, 0.1) is 5.41 Å². The third-order valence-corrected chi connectivity index (χ3v) is 4.72. The summed E-state index contributed by atoms with van der Waals surface area (Å²) in [4.78, 5) is 4.97. The number of para-hydroxylation sites is 2. The molecule has 0 saturated carbocycles. The van der Waals surface area contributed by atoms with E-state index in [4.69, 9.17) is 0 Å². The van der Waals surface area contributed by atoms with Gasteiger partial charge in [-0.25, -0.2) is 0 Å². The molecule has 0 unspecified atom stereocenters. The Hall–Kier alpha value is -1.22. The highest BCUT2D eigenvalue weighted by molar-refractivity contribution is 5.73. The lowest BCUT2D eigenvalue weighted by molar-refractivity contribution is 0.234. The Morgan fingerprint density at radius 2 is 1.79 bits per heavy atom. The summed E-state index contributed by atoms with van der Waals surface area (Å²) in [6.07, 6.45) is 2.59. The minimum atomic E-state index is 0.467. The highest BCUT2D eigenvalue weighted by atomic mass is 15.3. The van der Waals surface area contributed by atoms with Crippen molar-refractivity contribution in [3.05, 3.63) is 24.3 Å². The molecule has 0 amide bonds. The third kappa shape index (κ3) is 2.57. The second-order valence-electron chi connectivity index (χ2n) is 6.39. The van der Waals surface area contributed by atoms with Crippen LogP contribution in [0.3, 0.4) is 0 Å². The largest absolute Gasteiger partial charge is 0.371 e. The van der Waals surface area contributed by atoms with Gasteiger partial charge in [-0.2, -0.15) is 0 Å². The predicted molar refractivity (Wildman–Crippen MR) is 82.1 cm³/mol. The van der Waals surface area contributed by atoms with Crippen LogP contribution in [0.25, 0.3) is 0 Å². The van der Waals surface area contributed by atoms with Crippen molar-refractivity contribution in [2.45, 2.75) is 19.8 Å². The lowest BCUT2D eigenvalue weighted by Crippen LogP contribution is -2.47. The lowest BCUT2D eigenvalue weighted by atomic mass is 9.80. The van der Waals surface area contributed by atoms with Gasteiger partial charge in [-0.3, -0.25) is 0 Å². The number of hydrogen-bond acceptors (Lipinski definition) is 3. The quantitative estimate of drug-likeness (QED) is 0.879. The first-order chi connectivity index (χ1) is 9.18. The van der Waals surface area contributed by atoms with Crippen LogP contribution in [-0.4, -0.2) is 39.8 Å². The zero-order chi connectivity index (χ0) is 13.3. The fourth-order valence-electron chi connectivity index (χ4n) is 3.38. The first-order valence-corrected chi connectivity index (χ1v) is 7.44. The van der Waals surface area contributed by atoms with Crippen LogP contribution in [-0.2, 0) is 0 Å². The van der Waals surface area contributed by atoms with Gasteiger partial charge in [0.2, 0.25) is 0 Å². The van der Waals surface area contributed by atoms with Crippen molar-refractivity contribution in [1.82, 2.24) is 5.32 Å². The van der Waals surface area contributed by atoms with Gasteiger partial charge in [-0.05, 0) is 43.5 Å². The average Bonchev–Trinajstić information content (AvgIpc) is 2.43. The molecule has 0 aliphatic carbocycles. The summed E-state index contributed by atoms with van der Waals surface area (Å²) in [5.41, 5.74) is 3.26. The van der Waals surface area contributed by atoms with Crippen molar-refractivity contribution in [2.24, 2.45) is 5.41 Å². The Bertz CT molecular complexity index is 437. The van der Waals surface area contributed by atoms with Crippen molar-refractivity contribution < 1.29 is 0 Å². The molecule has 0 atom stereocenters. The molecule has 1 N–H and O–H groups in total. The molecule has 2 heterocycles. The van der Waals surface area contributed by atoms with Crippen LogP contribution < -0.4 is 15.1 Å². The molecular weight excluding hydrogens is 234 g/mol. The third-order valence-electron chi connectivity index (χ3n) is 4.72. The molecule has 1 aromatic rings. The van der Waals surface area contributed by atoms with Gasteiger partial charge < -0.3 is 15.1 Å². The van der Waals surface area contributed by atoms with Gasteiger partial charge in [-0.1, -0.05) is 19.1 Å². The molecule has 104 valence electrons. The summed E-state index contributed by atoms with van der Waals surface area (Å²) in [5, 5.41) is 3.48. The highest BCUT2D eigenvalue weighted by Crippen LogP contribution is 2.36. The monoisotopic (exact) mass is 259 g/mol. The van der Waals surface area contributed by atoms with Gasteiger partial charge in [0.05, 0.1) is 11.4 Å². The summed E-state index contributed by atoms with van der Waals surface area (Å²) in [6, 6.07) is 8.82. The van der Waals surface area contributed by atoms with Crippen LogP contribution in [0.15, 0.2) is 24.3 Å². The van der Waals surface area contributed by atoms with Crippen LogP contribution in [0.4, 0.5) is 11.4 Å². The number of likely N-dealkylation sites (N-methyl/N-ethyl adjacent to an activating group) is 1. The van der Waals surface area contributed by atoms with Crippen LogP contribution in [0.2, 0.25) is 0 Å². The summed E-state index contributed by atoms with van der Waals surface area (Å²) in [6.45, 7) is 8.27. The maximum absolute atomic E-state index is 3.48. The average molecular weight is 259 g/mol. The predicted octanol–water partition coefficient (Wildman–Crippen LogP) is 2.33. The van der Waals surface area contributed by atoms with Gasteiger partial charge in [0.25, 0.3) is 0 Å². The summed E-state index contributed by atoms with van der Waals surface area (Å²) in [5.74, 6) is 0. The van der Waals surface area contributed by atoms with Crippen molar-refractivity contribution >= 4 is 11.4 Å². The molecule has 1 saturated heterocycles. The minimum Gasteiger partial charge on any atom is -0.371 e. The van der Waals surface area contributed by atoms with Crippen LogP contribution >= 0.6 is 0 Å². The van der Waals surface area contributed by atoms with Crippen molar-refractivity contribution in [1.29, 1.82) is 0 Å². The van der Waals surface area contributed by atoms with Gasteiger partial charge >= 0.3 is 0 Å². The summed E-state index contributed by atoms with van der Waals surface area (Å²) in [7, 11) is 2.20. The molecule has 19 heavy (non-hydrogen) atoms. The molecule has 0 bridgehead atoms. The Morgan fingerprint density at radius 3 is 2.53 bits per heavy atom. The number of rotatable bonds is 2. The Balaban J connectivity index is 1.80. The number of nitrogens with one attached hydrogen (secondary N) is 1. The standard InChI is InChI=1S/C16H25N3/c1-16(7-9-17-10-8-16)13-19-12-11-18(2)14-5-3-4-6-15(14)19/h3-6,17H,7-13H2,1-2H3. The zero-order valence-corrected chi connectivity index (χ0v) is 12.2. The fraction of sp³-hybridized carbons (Fsp3) is 0.625. The van der Waals surface area contributed by atoms with Crippen molar-refractivity contribution in [2.75, 3.05) is 49.6 Å². The molecule has 1 aromatic carbocycles. The summed E-state index contributed by atoms with van der Waals surface area (Å²) < 4.78 is 0. The normalized spacial score (nSPS) is 22.2. The van der Waals surface area contributed by atoms with E-state index >= 15 is 0 Å². The topological polar surface area (TPSA) is 18.5 Å². The van der Waals surface area contributed by atoms with Gasteiger partial charge in [0, 0.05) is 26.7 Å². The molecule has 1 fully saturated rings. The van der Waals surface area contributed by atoms with E-state index < -0.39 is 0 Å². The molecule has 3 heteroatoms. The van der Waals surface area contributed by atoms with E-state index in [9.17, 15) is 0 Å². The van der Waals surface area contributed by atoms with Crippen molar-refractivity contribution in [3.63, 3.8) is 0 Å². The van der Waals surface area contributed by atoms with E-state index in [-0.39, 0.29) is 0 Å². The number of anilines is 2.